The Balaban J connectivity index is 2.83. The number of nitrogens with one attached hydrogen (secondary N) is 1. The van der Waals surface area contributed by atoms with Crippen molar-refractivity contribution >= 4 is 17.5 Å². The Morgan fingerprint density at radius 2 is 1.88 bits per heavy atom. The summed E-state index contributed by atoms with van der Waals surface area (Å²) in [5.74, 6) is -0.167. The van der Waals surface area contributed by atoms with Gasteiger partial charge in [-0.15, -0.1) is 0 Å². The van der Waals surface area contributed by atoms with E-state index >= 15 is 0 Å². The van der Waals surface area contributed by atoms with Crippen molar-refractivity contribution < 1.29 is 13.6 Å². The van der Waals surface area contributed by atoms with Crippen molar-refractivity contribution in [1.29, 1.82) is 0 Å². The molecule has 0 saturated heterocycles. The highest BCUT2D eigenvalue weighted by Crippen LogP contribution is 2.32. The zero-order valence-corrected chi connectivity index (χ0v) is 9.68. The van der Waals surface area contributed by atoms with E-state index in [1.807, 2.05) is 0 Å². The van der Waals surface area contributed by atoms with Gasteiger partial charge in [0, 0.05) is 12.5 Å². The summed E-state index contributed by atoms with van der Waals surface area (Å²) >= 11 is 4.87. The van der Waals surface area contributed by atoms with Crippen molar-refractivity contribution in [3.05, 3.63) is 35.4 Å². The van der Waals surface area contributed by atoms with E-state index < -0.39 is 5.38 Å². The van der Waals surface area contributed by atoms with Crippen molar-refractivity contribution in [3.8, 4) is 0 Å². The molecule has 0 aliphatic heterocycles. The summed E-state index contributed by atoms with van der Waals surface area (Å²) in [6.45, 7) is 3.17. The second-order valence-corrected chi connectivity index (χ2v) is 4.02. The van der Waals surface area contributed by atoms with Crippen LogP contribution in [0.1, 0.15) is 31.0 Å². The Bertz CT molecular complexity index is 373. The third kappa shape index (κ3) is 3.45. The van der Waals surface area contributed by atoms with Gasteiger partial charge >= 0.3 is 5.38 Å². The molecule has 1 rings (SSSR count). The van der Waals surface area contributed by atoms with Crippen LogP contribution in [0.2, 0.25) is 0 Å². The van der Waals surface area contributed by atoms with Gasteiger partial charge in [0.1, 0.15) is 0 Å². The molecule has 0 aromatic heterocycles. The maximum atomic E-state index is 12.7. The molecule has 0 spiro atoms. The van der Waals surface area contributed by atoms with Gasteiger partial charge in [-0.1, -0.05) is 24.3 Å². The highest BCUT2D eigenvalue weighted by Gasteiger charge is 2.27. The Hall–Kier alpha value is -1.16. The van der Waals surface area contributed by atoms with Crippen LogP contribution in [0.3, 0.4) is 0 Å². The van der Waals surface area contributed by atoms with Gasteiger partial charge in [0.25, 0.3) is 0 Å². The number of hydrogen-bond acceptors (Lipinski definition) is 1. The first-order valence-electron chi connectivity index (χ1n) is 4.75. The van der Waals surface area contributed by atoms with Crippen LogP contribution in [-0.4, -0.2) is 5.91 Å². The second-order valence-electron chi connectivity index (χ2n) is 3.54. The second kappa shape index (κ2) is 4.78. The van der Waals surface area contributed by atoms with E-state index in [9.17, 15) is 13.6 Å². The van der Waals surface area contributed by atoms with Gasteiger partial charge in [0.2, 0.25) is 5.91 Å². The summed E-state index contributed by atoms with van der Waals surface area (Å²) in [6, 6.07) is 5.33. The fourth-order valence-corrected chi connectivity index (χ4v) is 1.47. The van der Waals surface area contributed by atoms with Crippen LogP contribution in [0.5, 0.6) is 0 Å². The molecular weight excluding hydrogens is 236 g/mol. The van der Waals surface area contributed by atoms with Gasteiger partial charge in [-0.05, 0) is 24.1 Å². The first-order valence-corrected chi connectivity index (χ1v) is 5.13. The smallest absolute Gasteiger partial charge is 0.348 e. The van der Waals surface area contributed by atoms with Gasteiger partial charge < -0.3 is 5.32 Å². The Morgan fingerprint density at radius 1 is 1.38 bits per heavy atom. The van der Waals surface area contributed by atoms with Crippen molar-refractivity contribution in [1.82, 2.24) is 5.32 Å². The van der Waals surface area contributed by atoms with E-state index in [4.69, 9.17) is 11.6 Å². The van der Waals surface area contributed by atoms with Crippen LogP contribution in [0, 0.1) is 0 Å². The fourth-order valence-electron chi connectivity index (χ4n) is 1.35. The number of halogens is 3. The first-order chi connectivity index (χ1) is 7.30. The van der Waals surface area contributed by atoms with Crippen molar-refractivity contribution in [2.24, 2.45) is 0 Å². The van der Waals surface area contributed by atoms with E-state index in [0.717, 1.165) is 5.56 Å². The summed E-state index contributed by atoms with van der Waals surface area (Å²) < 4.78 is 25.4. The lowest BCUT2D eigenvalue weighted by molar-refractivity contribution is -0.119. The molecule has 0 aliphatic carbocycles. The molecule has 1 aromatic carbocycles. The van der Waals surface area contributed by atoms with Crippen LogP contribution in [0.15, 0.2) is 24.3 Å². The number of rotatable bonds is 3. The molecule has 5 heteroatoms. The van der Waals surface area contributed by atoms with Crippen LogP contribution in [0.25, 0.3) is 0 Å². The van der Waals surface area contributed by atoms with Crippen LogP contribution in [-0.2, 0) is 10.2 Å². The van der Waals surface area contributed by atoms with Gasteiger partial charge in [0.05, 0.1) is 6.04 Å². The molecule has 0 bridgehead atoms. The van der Waals surface area contributed by atoms with Gasteiger partial charge in [-0.2, -0.15) is 8.78 Å². The van der Waals surface area contributed by atoms with Crippen molar-refractivity contribution in [2.45, 2.75) is 25.3 Å². The molecule has 0 heterocycles. The lowest BCUT2D eigenvalue weighted by atomic mass is 10.1. The standard InChI is InChI=1S/C11H12ClF2NO/c1-7(15-8(2)16)9-3-5-10(6-4-9)11(12,13)14/h3-7H,1-2H3,(H,15,16). The molecule has 1 aromatic rings. The average Bonchev–Trinajstić information content (AvgIpc) is 2.15. The minimum Gasteiger partial charge on any atom is -0.350 e. The third-order valence-electron chi connectivity index (χ3n) is 2.16. The summed E-state index contributed by atoms with van der Waals surface area (Å²) in [4.78, 5) is 10.8. The number of alkyl halides is 3. The van der Waals surface area contributed by atoms with E-state index in [1.54, 1.807) is 6.92 Å². The summed E-state index contributed by atoms with van der Waals surface area (Å²) in [6.07, 6.45) is 0. The molecule has 0 aliphatic rings. The SMILES string of the molecule is CC(=O)NC(C)c1ccc(C(F)(F)Cl)cc1. The predicted molar refractivity (Wildman–Crippen MR) is 58.4 cm³/mol. The Morgan fingerprint density at radius 3 is 2.25 bits per heavy atom. The molecule has 0 saturated carbocycles. The Labute approximate surface area is 97.6 Å². The van der Waals surface area contributed by atoms with Gasteiger partial charge in [0.15, 0.2) is 0 Å². The quantitative estimate of drug-likeness (QED) is 0.817. The molecule has 0 radical (unpaired) electrons. The summed E-state index contributed by atoms with van der Waals surface area (Å²) in [5.41, 5.74) is 0.493. The molecule has 1 atom stereocenters. The lowest BCUT2D eigenvalue weighted by Gasteiger charge is -2.14. The molecule has 1 N–H and O–H groups in total. The van der Waals surface area contributed by atoms with E-state index in [1.165, 1.54) is 31.2 Å². The highest BCUT2D eigenvalue weighted by atomic mass is 35.5. The third-order valence-corrected chi connectivity index (χ3v) is 2.38. The van der Waals surface area contributed by atoms with Gasteiger partial charge in [-0.3, -0.25) is 4.79 Å². The number of benzene rings is 1. The minimum atomic E-state index is -3.35. The monoisotopic (exact) mass is 247 g/mol. The van der Waals surface area contributed by atoms with Crippen LogP contribution < -0.4 is 5.32 Å². The fraction of sp³-hybridized carbons (Fsp3) is 0.364. The molecule has 0 fully saturated rings. The normalized spacial score (nSPS) is 13.3. The minimum absolute atomic E-state index is 0.167. The molecule has 1 amide bonds. The van der Waals surface area contributed by atoms with Crippen molar-refractivity contribution in [3.63, 3.8) is 0 Å². The Kier molecular flexibility index (Phi) is 3.86. The molecule has 16 heavy (non-hydrogen) atoms. The summed E-state index contributed by atoms with van der Waals surface area (Å²) in [7, 11) is 0. The van der Waals surface area contributed by atoms with E-state index in [-0.39, 0.29) is 17.5 Å². The topological polar surface area (TPSA) is 29.1 Å². The molecule has 1 unspecified atom stereocenters. The largest absolute Gasteiger partial charge is 0.350 e. The maximum Gasteiger partial charge on any atom is 0.348 e. The van der Waals surface area contributed by atoms with Crippen LogP contribution >= 0.6 is 11.6 Å². The maximum absolute atomic E-state index is 12.7. The highest BCUT2D eigenvalue weighted by molar-refractivity contribution is 6.21. The predicted octanol–water partition coefficient (Wildman–Crippen LogP) is 3.17. The zero-order valence-electron chi connectivity index (χ0n) is 8.93. The molecule has 88 valence electrons. The number of carbonyl (C=O) groups is 1. The number of hydrogen-bond donors (Lipinski definition) is 1. The number of amides is 1. The number of carbonyl (C=O) groups excluding carboxylic acids is 1. The summed E-state index contributed by atoms with van der Waals surface area (Å²) in [5, 5.41) is -0.694. The van der Waals surface area contributed by atoms with E-state index in [0.29, 0.717) is 0 Å². The van der Waals surface area contributed by atoms with Crippen LogP contribution in [0.4, 0.5) is 8.78 Å². The van der Waals surface area contributed by atoms with Gasteiger partial charge in [-0.25, -0.2) is 0 Å². The average molecular weight is 248 g/mol. The molecule has 2 nitrogen and oxygen atoms in total. The zero-order chi connectivity index (χ0) is 12.3. The van der Waals surface area contributed by atoms with E-state index in [2.05, 4.69) is 5.32 Å². The first kappa shape index (κ1) is 12.9. The lowest BCUT2D eigenvalue weighted by Crippen LogP contribution is -2.23. The van der Waals surface area contributed by atoms with Crippen molar-refractivity contribution in [2.75, 3.05) is 0 Å². The molecular formula is C11H12ClF2NO.